The van der Waals surface area contributed by atoms with Crippen LogP contribution in [0.5, 0.6) is 0 Å². The molecule has 0 saturated heterocycles. The van der Waals surface area contributed by atoms with Gasteiger partial charge in [-0.3, -0.25) is 4.79 Å². The number of ether oxygens (including phenoxy) is 1. The highest BCUT2D eigenvalue weighted by molar-refractivity contribution is 5.70. The maximum Gasteiger partial charge on any atom is 0.308 e. The molecule has 0 spiro atoms. The maximum absolute atomic E-state index is 10.9. The van der Waals surface area contributed by atoms with Gasteiger partial charge in [0.15, 0.2) is 0 Å². The van der Waals surface area contributed by atoms with Crippen LogP contribution in [0.2, 0.25) is 0 Å². The van der Waals surface area contributed by atoms with Crippen molar-refractivity contribution in [1.29, 1.82) is 0 Å². The number of esters is 1. The van der Waals surface area contributed by atoms with E-state index in [0.717, 1.165) is 0 Å². The van der Waals surface area contributed by atoms with Gasteiger partial charge in [-0.15, -0.1) is 6.58 Å². The Labute approximate surface area is 79.4 Å². The molecule has 0 heterocycles. The van der Waals surface area contributed by atoms with E-state index in [0.29, 0.717) is 6.42 Å². The fraction of sp³-hybridized carbons (Fsp3) is 0.700. The summed E-state index contributed by atoms with van der Waals surface area (Å²) in [4.78, 5) is 10.9. The second kappa shape index (κ2) is 5.02. The van der Waals surface area contributed by atoms with Crippen molar-refractivity contribution in [2.24, 2.45) is 5.92 Å². The first kappa shape index (κ1) is 12.2. The molecule has 0 fully saturated rings. The molecule has 0 aliphatic rings. The van der Waals surface area contributed by atoms with Crippen molar-refractivity contribution in [3.63, 3.8) is 0 Å². The SMILES string of the molecule is C=CCC(C)C(C)(O)CC(=O)OC. The van der Waals surface area contributed by atoms with Crippen LogP contribution in [-0.2, 0) is 9.53 Å². The summed E-state index contributed by atoms with van der Waals surface area (Å²) in [5.74, 6) is -0.384. The van der Waals surface area contributed by atoms with Crippen molar-refractivity contribution in [1.82, 2.24) is 0 Å². The Hall–Kier alpha value is -0.830. The van der Waals surface area contributed by atoms with Crippen molar-refractivity contribution < 1.29 is 14.6 Å². The van der Waals surface area contributed by atoms with Crippen LogP contribution in [0.3, 0.4) is 0 Å². The second-order valence-corrected chi connectivity index (χ2v) is 3.54. The smallest absolute Gasteiger partial charge is 0.308 e. The number of allylic oxidation sites excluding steroid dienone is 1. The molecule has 0 aliphatic heterocycles. The molecule has 0 saturated carbocycles. The Morgan fingerprint density at radius 2 is 2.31 bits per heavy atom. The fourth-order valence-corrected chi connectivity index (χ4v) is 1.04. The predicted molar refractivity (Wildman–Crippen MR) is 51.2 cm³/mol. The van der Waals surface area contributed by atoms with Crippen molar-refractivity contribution in [3.05, 3.63) is 12.7 Å². The molecule has 1 N–H and O–H groups in total. The highest BCUT2D eigenvalue weighted by Crippen LogP contribution is 2.24. The molecule has 3 nitrogen and oxygen atoms in total. The highest BCUT2D eigenvalue weighted by Gasteiger charge is 2.30. The molecular formula is C10H18O3. The number of hydrogen-bond acceptors (Lipinski definition) is 3. The summed E-state index contributed by atoms with van der Waals surface area (Å²) in [7, 11) is 1.32. The molecule has 0 radical (unpaired) electrons. The summed E-state index contributed by atoms with van der Waals surface area (Å²) in [5.41, 5.74) is -1.01. The zero-order chi connectivity index (χ0) is 10.5. The minimum Gasteiger partial charge on any atom is -0.469 e. The van der Waals surface area contributed by atoms with Gasteiger partial charge in [-0.1, -0.05) is 13.0 Å². The number of rotatable bonds is 5. The molecule has 2 unspecified atom stereocenters. The van der Waals surface area contributed by atoms with Crippen LogP contribution in [0, 0.1) is 5.92 Å². The molecule has 0 amide bonds. The number of hydrogen-bond donors (Lipinski definition) is 1. The summed E-state index contributed by atoms with van der Waals surface area (Å²) >= 11 is 0. The van der Waals surface area contributed by atoms with Crippen molar-refractivity contribution in [2.45, 2.75) is 32.3 Å². The maximum atomic E-state index is 10.9. The lowest BCUT2D eigenvalue weighted by molar-refractivity contribution is -0.147. The van der Waals surface area contributed by atoms with E-state index in [2.05, 4.69) is 11.3 Å². The van der Waals surface area contributed by atoms with Crippen LogP contribution >= 0.6 is 0 Å². The monoisotopic (exact) mass is 186 g/mol. The Morgan fingerprint density at radius 1 is 1.77 bits per heavy atom. The van der Waals surface area contributed by atoms with Gasteiger partial charge in [0.25, 0.3) is 0 Å². The molecule has 0 rings (SSSR count). The van der Waals surface area contributed by atoms with E-state index >= 15 is 0 Å². The van der Waals surface area contributed by atoms with Gasteiger partial charge in [0.2, 0.25) is 0 Å². The summed E-state index contributed by atoms with van der Waals surface area (Å²) < 4.78 is 4.49. The van der Waals surface area contributed by atoms with Crippen molar-refractivity contribution in [3.8, 4) is 0 Å². The summed E-state index contributed by atoms with van der Waals surface area (Å²) in [5, 5.41) is 9.87. The summed E-state index contributed by atoms with van der Waals surface area (Å²) in [6, 6.07) is 0. The zero-order valence-corrected chi connectivity index (χ0v) is 8.54. The molecule has 13 heavy (non-hydrogen) atoms. The van der Waals surface area contributed by atoms with Gasteiger partial charge in [0.05, 0.1) is 19.1 Å². The lowest BCUT2D eigenvalue weighted by Gasteiger charge is -2.28. The van der Waals surface area contributed by atoms with Gasteiger partial charge in [0.1, 0.15) is 0 Å². The van der Waals surface area contributed by atoms with Crippen molar-refractivity contribution in [2.75, 3.05) is 7.11 Å². The van der Waals surface area contributed by atoms with Crippen LogP contribution in [0.25, 0.3) is 0 Å². The normalized spacial score (nSPS) is 17.2. The van der Waals surface area contributed by atoms with Gasteiger partial charge in [-0.05, 0) is 19.3 Å². The van der Waals surface area contributed by atoms with Gasteiger partial charge in [-0.25, -0.2) is 0 Å². The average Bonchev–Trinajstić information content (AvgIpc) is 2.04. The van der Waals surface area contributed by atoms with E-state index in [-0.39, 0.29) is 18.3 Å². The quantitative estimate of drug-likeness (QED) is 0.523. The number of aliphatic hydroxyl groups is 1. The lowest BCUT2D eigenvalue weighted by atomic mass is 9.85. The number of carbonyl (C=O) groups excluding carboxylic acids is 1. The molecule has 76 valence electrons. The molecule has 3 heteroatoms. The topological polar surface area (TPSA) is 46.5 Å². The Bertz CT molecular complexity index is 185. The van der Waals surface area contributed by atoms with Crippen LogP contribution in [0.4, 0.5) is 0 Å². The molecule has 0 aromatic carbocycles. The van der Waals surface area contributed by atoms with E-state index in [1.807, 2.05) is 6.92 Å². The lowest BCUT2D eigenvalue weighted by Crippen LogP contribution is -2.35. The zero-order valence-electron chi connectivity index (χ0n) is 8.54. The predicted octanol–water partition coefficient (Wildman–Crippen LogP) is 1.51. The molecular weight excluding hydrogens is 168 g/mol. The third kappa shape index (κ3) is 4.08. The van der Waals surface area contributed by atoms with E-state index in [1.165, 1.54) is 7.11 Å². The Morgan fingerprint density at radius 3 is 2.69 bits per heavy atom. The number of carbonyl (C=O) groups is 1. The first-order valence-corrected chi connectivity index (χ1v) is 4.34. The second-order valence-electron chi connectivity index (χ2n) is 3.54. The third-order valence-electron chi connectivity index (χ3n) is 2.31. The molecule has 2 atom stereocenters. The summed E-state index contributed by atoms with van der Waals surface area (Å²) in [6.07, 6.45) is 2.44. The van der Waals surface area contributed by atoms with Crippen LogP contribution in [0.15, 0.2) is 12.7 Å². The van der Waals surface area contributed by atoms with E-state index in [1.54, 1.807) is 13.0 Å². The number of methoxy groups -OCH3 is 1. The Balaban J connectivity index is 4.19. The van der Waals surface area contributed by atoms with Gasteiger partial charge in [-0.2, -0.15) is 0 Å². The fourth-order valence-electron chi connectivity index (χ4n) is 1.04. The largest absolute Gasteiger partial charge is 0.469 e. The standard InChI is InChI=1S/C10H18O3/c1-5-6-8(2)10(3,12)7-9(11)13-4/h5,8,12H,1,6-7H2,2-4H3. The van der Waals surface area contributed by atoms with E-state index in [4.69, 9.17) is 0 Å². The van der Waals surface area contributed by atoms with E-state index < -0.39 is 5.60 Å². The third-order valence-corrected chi connectivity index (χ3v) is 2.31. The molecule has 0 aromatic rings. The minimum absolute atomic E-state index is 0.00380. The Kier molecular flexibility index (Phi) is 4.70. The molecule has 0 bridgehead atoms. The van der Waals surface area contributed by atoms with Gasteiger partial charge < -0.3 is 9.84 Å². The van der Waals surface area contributed by atoms with Gasteiger partial charge in [0, 0.05) is 0 Å². The highest BCUT2D eigenvalue weighted by atomic mass is 16.5. The van der Waals surface area contributed by atoms with Crippen LogP contribution < -0.4 is 0 Å². The summed E-state index contributed by atoms with van der Waals surface area (Å²) in [6.45, 7) is 7.10. The first-order chi connectivity index (χ1) is 5.94. The van der Waals surface area contributed by atoms with Crippen molar-refractivity contribution >= 4 is 5.97 Å². The minimum atomic E-state index is -1.01. The average molecular weight is 186 g/mol. The van der Waals surface area contributed by atoms with Gasteiger partial charge >= 0.3 is 5.97 Å². The molecule has 0 aliphatic carbocycles. The van der Waals surface area contributed by atoms with Crippen LogP contribution in [-0.4, -0.2) is 23.8 Å². The molecule has 0 aromatic heterocycles. The first-order valence-electron chi connectivity index (χ1n) is 4.34. The van der Waals surface area contributed by atoms with E-state index in [9.17, 15) is 9.90 Å². The van der Waals surface area contributed by atoms with Crippen LogP contribution in [0.1, 0.15) is 26.7 Å².